The third-order valence-corrected chi connectivity index (χ3v) is 3.43. The van der Waals surface area contributed by atoms with Gasteiger partial charge in [0.1, 0.15) is 0 Å². The summed E-state index contributed by atoms with van der Waals surface area (Å²) in [6, 6.07) is 5.19. The van der Waals surface area contributed by atoms with Crippen LogP contribution in [0.15, 0.2) is 18.2 Å². The number of methoxy groups -OCH3 is 1. The summed E-state index contributed by atoms with van der Waals surface area (Å²) in [5.41, 5.74) is 1.02. The van der Waals surface area contributed by atoms with Gasteiger partial charge < -0.3 is 15.0 Å². The Morgan fingerprint density at radius 3 is 2.78 bits per heavy atom. The lowest BCUT2D eigenvalue weighted by atomic mass is 10.0. The van der Waals surface area contributed by atoms with E-state index in [0.717, 1.165) is 44.1 Å². The van der Waals surface area contributed by atoms with Gasteiger partial charge in [-0.25, -0.2) is 4.39 Å². The molecule has 0 saturated carbocycles. The minimum atomic E-state index is -0.277. The molecular weight excluding hydrogens is 231 g/mol. The Labute approximate surface area is 108 Å². The summed E-state index contributed by atoms with van der Waals surface area (Å²) in [6.45, 7) is 4.33. The minimum Gasteiger partial charge on any atom is -0.494 e. The van der Waals surface area contributed by atoms with Gasteiger partial charge in [-0.3, -0.25) is 0 Å². The van der Waals surface area contributed by atoms with Crippen molar-refractivity contribution in [1.82, 2.24) is 10.2 Å². The van der Waals surface area contributed by atoms with E-state index in [1.54, 1.807) is 12.1 Å². The van der Waals surface area contributed by atoms with E-state index in [1.807, 2.05) is 6.07 Å². The molecule has 0 amide bonds. The van der Waals surface area contributed by atoms with Crippen molar-refractivity contribution < 1.29 is 9.13 Å². The fraction of sp³-hybridized carbons (Fsp3) is 0.571. The Morgan fingerprint density at radius 2 is 2.22 bits per heavy atom. The zero-order valence-electron chi connectivity index (χ0n) is 11.1. The molecule has 0 aromatic heterocycles. The van der Waals surface area contributed by atoms with Crippen molar-refractivity contribution in [2.45, 2.75) is 6.42 Å². The lowest BCUT2D eigenvalue weighted by Crippen LogP contribution is -2.47. The van der Waals surface area contributed by atoms with Gasteiger partial charge in [0.15, 0.2) is 11.6 Å². The third kappa shape index (κ3) is 3.43. The van der Waals surface area contributed by atoms with Crippen LogP contribution in [0, 0.1) is 11.7 Å². The second kappa shape index (κ2) is 6.16. The molecule has 0 aliphatic carbocycles. The Morgan fingerprint density at radius 1 is 1.44 bits per heavy atom. The first-order valence-corrected chi connectivity index (χ1v) is 6.40. The van der Waals surface area contributed by atoms with Gasteiger partial charge in [-0.15, -0.1) is 0 Å². The van der Waals surface area contributed by atoms with Gasteiger partial charge in [0.05, 0.1) is 7.11 Å². The molecule has 1 heterocycles. The van der Waals surface area contributed by atoms with Gasteiger partial charge in [-0.1, -0.05) is 6.07 Å². The number of benzene rings is 1. The van der Waals surface area contributed by atoms with Crippen LogP contribution < -0.4 is 10.1 Å². The molecule has 1 aromatic rings. The normalized spacial score (nSPS) is 15.8. The SMILES string of the molecule is COc1ccc(CCN(C)CC2CNC2)cc1F. The molecule has 1 aliphatic heterocycles. The van der Waals surface area contributed by atoms with E-state index >= 15 is 0 Å². The molecule has 3 nitrogen and oxygen atoms in total. The van der Waals surface area contributed by atoms with Gasteiger partial charge in [0, 0.05) is 26.2 Å². The van der Waals surface area contributed by atoms with Crippen LogP contribution in [-0.2, 0) is 6.42 Å². The van der Waals surface area contributed by atoms with Gasteiger partial charge in [-0.05, 0) is 37.1 Å². The number of likely N-dealkylation sites (N-methyl/N-ethyl adjacent to an activating group) is 1. The fourth-order valence-corrected chi connectivity index (χ4v) is 2.19. The van der Waals surface area contributed by atoms with Crippen LogP contribution in [0.25, 0.3) is 0 Å². The third-order valence-electron chi connectivity index (χ3n) is 3.43. The summed E-state index contributed by atoms with van der Waals surface area (Å²) < 4.78 is 18.4. The van der Waals surface area contributed by atoms with Gasteiger partial charge in [-0.2, -0.15) is 0 Å². The first kappa shape index (κ1) is 13.3. The highest BCUT2D eigenvalue weighted by atomic mass is 19.1. The van der Waals surface area contributed by atoms with Crippen LogP contribution in [0.2, 0.25) is 0 Å². The van der Waals surface area contributed by atoms with E-state index in [4.69, 9.17) is 4.74 Å². The molecule has 4 heteroatoms. The Balaban J connectivity index is 1.79. The minimum absolute atomic E-state index is 0.277. The number of hydrogen-bond acceptors (Lipinski definition) is 3. The van der Waals surface area contributed by atoms with E-state index in [1.165, 1.54) is 7.11 Å². The average Bonchev–Trinajstić information content (AvgIpc) is 2.31. The lowest BCUT2D eigenvalue weighted by Gasteiger charge is -2.31. The van der Waals surface area contributed by atoms with E-state index in [9.17, 15) is 4.39 Å². The number of rotatable bonds is 6. The smallest absolute Gasteiger partial charge is 0.165 e. The molecule has 1 fully saturated rings. The number of ether oxygens (including phenoxy) is 1. The van der Waals surface area contributed by atoms with Crippen LogP contribution >= 0.6 is 0 Å². The van der Waals surface area contributed by atoms with Crippen molar-refractivity contribution in [3.05, 3.63) is 29.6 Å². The molecule has 100 valence electrons. The standard InChI is InChI=1S/C14H21FN2O/c1-17(10-12-8-16-9-12)6-5-11-3-4-14(18-2)13(15)7-11/h3-4,7,12,16H,5-6,8-10H2,1-2H3. The van der Waals surface area contributed by atoms with E-state index in [0.29, 0.717) is 5.75 Å². The van der Waals surface area contributed by atoms with Gasteiger partial charge >= 0.3 is 0 Å². The maximum Gasteiger partial charge on any atom is 0.165 e. The lowest BCUT2D eigenvalue weighted by molar-refractivity contribution is 0.226. The number of hydrogen-bond donors (Lipinski definition) is 1. The molecule has 0 spiro atoms. The maximum atomic E-state index is 13.5. The Hall–Kier alpha value is -1.13. The fourth-order valence-electron chi connectivity index (χ4n) is 2.19. The molecular formula is C14H21FN2O. The van der Waals surface area contributed by atoms with Crippen LogP contribution in [-0.4, -0.2) is 45.2 Å². The zero-order valence-corrected chi connectivity index (χ0v) is 11.1. The van der Waals surface area contributed by atoms with Crippen LogP contribution in [0.3, 0.4) is 0 Å². The van der Waals surface area contributed by atoms with Crippen molar-refractivity contribution in [2.24, 2.45) is 5.92 Å². The highest BCUT2D eigenvalue weighted by molar-refractivity contribution is 5.29. The second-order valence-electron chi connectivity index (χ2n) is 5.01. The molecule has 1 aliphatic rings. The summed E-state index contributed by atoms with van der Waals surface area (Å²) in [7, 11) is 3.61. The molecule has 18 heavy (non-hydrogen) atoms. The zero-order chi connectivity index (χ0) is 13.0. The number of nitrogens with one attached hydrogen (secondary N) is 1. The molecule has 1 saturated heterocycles. The van der Waals surface area contributed by atoms with Crippen LogP contribution in [0.5, 0.6) is 5.75 Å². The van der Waals surface area contributed by atoms with E-state index in [2.05, 4.69) is 17.3 Å². The summed E-state index contributed by atoms with van der Waals surface area (Å²) in [4.78, 5) is 2.31. The maximum absolute atomic E-state index is 13.5. The molecule has 0 bridgehead atoms. The van der Waals surface area contributed by atoms with E-state index in [-0.39, 0.29) is 5.82 Å². The molecule has 0 atom stereocenters. The molecule has 0 radical (unpaired) electrons. The quantitative estimate of drug-likeness (QED) is 0.831. The monoisotopic (exact) mass is 252 g/mol. The highest BCUT2D eigenvalue weighted by Crippen LogP contribution is 2.18. The van der Waals surface area contributed by atoms with Gasteiger partial charge in [0.2, 0.25) is 0 Å². The number of nitrogens with zero attached hydrogens (tertiary/aromatic N) is 1. The number of halogens is 1. The van der Waals surface area contributed by atoms with Gasteiger partial charge in [0.25, 0.3) is 0 Å². The molecule has 2 rings (SSSR count). The topological polar surface area (TPSA) is 24.5 Å². The summed E-state index contributed by atoms with van der Waals surface area (Å²) >= 11 is 0. The van der Waals surface area contributed by atoms with Crippen molar-refractivity contribution in [3.8, 4) is 5.75 Å². The summed E-state index contributed by atoms with van der Waals surface area (Å²) in [6.07, 6.45) is 0.873. The van der Waals surface area contributed by atoms with Crippen LogP contribution in [0.4, 0.5) is 4.39 Å². The average molecular weight is 252 g/mol. The molecule has 1 aromatic carbocycles. The summed E-state index contributed by atoms with van der Waals surface area (Å²) in [5, 5.41) is 3.27. The van der Waals surface area contributed by atoms with Crippen LogP contribution in [0.1, 0.15) is 5.56 Å². The largest absolute Gasteiger partial charge is 0.494 e. The van der Waals surface area contributed by atoms with Crippen molar-refractivity contribution in [1.29, 1.82) is 0 Å². The first-order valence-electron chi connectivity index (χ1n) is 6.40. The molecule has 0 unspecified atom stereocenters. The highest BCUT2D eigenvalue weighted by Gasteiger charge is 2.18. The summed E-state index contributed by atoms with van der Waals surface area (Å²) in [5.74, 6) is 0.816. The first-order chi connectivity index (χ1) is 8.69. The molecule has 1 N–H and O–H groups in total. The predicted molar refractivity (Wildman–Crippen MR) is 70.5 cm³/mol. The van der Waals surface area contributed by atoms with Crippen molar-refractivity contribution in [3.63, 3.8) is 0 Å². The predicted octanol–water partition coefficient (Wildman–Crippen LogP) is 1.53. The van der Waals surface area contributed by atoms with E-state index < -0.39 is 0 Å². The van der Waals surface area contributed by atoms with Crippen molar-refractivity contribution in [2.75, 3.05) is 40.3 Å². The van der Waals surface area contributed by atoms with Crippen molar-refractivity contribution >= 4 is 0 Å². The Kier molecular flexibility index (Phi) is 4.55. The Bertz CT molecular complexity index is 393. The second-order valence-corrected chi connectivity index (χ2v) is 5.01.